The van der Waals surface area contributed by atoms with E-state index < -0.39 is 0 Å². The molecule has 4 nitrogen and oxygen atoms in total. The zero-order chi connectivity index (χ0) is 15.3. The first-order chi connectivity index (χ1) is 10.7. The smallest absolute Gasteiger partial charge is 0.269 e. The van der Waals surface area contributed by atoms with Crippen LogP contribution in [-0.2, 0) is 7.05 Å². The molecule has 3 aromatic rings. The highest BCUT2D eigenvalue weighted by Crippen LogP contribution is 2.38. The minimum Gasteiger partial charge on any atom is -0.497 e. The molecule has 2 aromatic carbocycles. The summed E-state index contributed by atoms with van der Waals surface area (Å²) in [6.45, 7) is 0. The number of fused-ring (bicyclic) bond motifs is 3. The Morgan fingerprint density at radius 1 is 1.09 bits per heavy atom. The zero-order valence-electron chi connectivity index (χ0n) is 12.5. The number of rotatable bonds is 2. The van der Waals surface area contributed by atoms with Gasteiger partial charge >= 0.3 is 0 Å². The Labute approximate surface area is 128 Å². The van der Waals surface area contributed by atoms with Crippen molar-refractivity contribution in [2.45, 2.75) is 6.04 Å². The van der Waals surface area contributed by atoms with E-state index in [1.165, 1.54) is 0 Å². The monoisotopic (exact) mass is 292 g/mol. The second-order valence-corrected chi connectivity index (χ2v) is 5.52. The summed E-state index contributed by atoms with van der Waals surface area (Å²) in [7, 11) is 3.59. The third-order valence-electron chi connectivity index (χ3n) is 4.37. The molecule has 2 heterocycles. The quantitative estimate of drug-likeness (QED) is 0.789. The Morgan fingerprint density at radius 3 is 2.55 bits per heavy atom. The van der Waals surface area contributed by atoms with Gasteiger partial charge in [0.25, 0.3) is 5.91 Å². The molecule has 1 atom stereocenters. The van der Waals surface area contributed by atoms with E-state index in [0.29, 0.717) is 0 Å². The topological polar surface area (TPSA) is 43.3 Å². The molecule has 1 N–H and O–H groups in total. The van der Waals surface area contributed by atoms with Crippen molar-refractivity contribution < 1.29 is 9.53 Å². The van der Waals surface area contributed by atoms with Crippen LogP contribution in [0.5, 0.6) is 5.75 Å². The lowest BCUT2D eigenvalue weighted by Gasteiger charge is -2.13. The molecule has 1 aliphatic heterocycles. The summed E-state index contributed by atoms with van der Waals surface area (Å²) in [5, 5.41) is 4.21. The molecule has 1 unspecified atom stereocenters. The Morgan fingerprint density at radius 2 is 1.82 bits per heavy atom. The molecule has 0 bridgehead atoms. The molecule has 4 rings (SSSR count). The van der Waals surface area contributed by atoms with Gasteiger partial charge in [0.2, 0.25) is 0 Å². The highest BCUT2D eigenvalue weighted by molar-refractivity contribution is 6.06. The number of hydrogen-bond donors (Lipinski definition) is 1. The maximum absolute atomic E-state index is 12.4. The van der Waals surface area contributed by atoms with Crippen molar-refractivity contribution in [1.29, 1.82) is 0 Å². The van der Waals surface area contributed by atoms with E-state index in [2.05, 4.69) is 11.4 Å². The highest BCUT2D eigenvalue weighted by Gasteiger charge is 2.35. The Bertz CT molecular complexity index is 878. The summed E-state index contributed by atoms with van der Waals surface area (Å²) in [5.74, 6) is 0.792. The number of ether oxygens (including phenoxy) is 1. The van der Waals surface area contributed by atoms with Crippen molar-refractivity contribution in [3.05, 3.63) is 65.4 Å². The van der Waals surface area contributed by atoms with E-state index in [4.69, 9.17) is 4.74 Å². The Hall–Kier alpha value is -2.75. The number of aryl methyl sites for hydroxylation is 1. The van der Waals surface area contributed by atoms with Gasteiger partial charge in [0, 0.05) is 23.5 Å². The van der Waals surface area contributed by atoms with Crippen molar-refractivity contribution >= 4 is 16.8 Å². The van der Waals surface area contributed by atoms with Crippen molar-refractivity contribution in [1.82, 2.24) is 9.88 Å². The molecular weight excluding hydrogens is 276 g/mol. The number of amides is 1. The fourth-order valence-corrected chi connectivity index (χ4v) is 3.31. The van der Waals surface area contributed by atoms with Gasteiger partial charge in [0.05, 0.1) is 13.2 Å². The number of methoxy groups -OCH3 is 1. The summed E-state index contributed by atoms with van der Waals surface area (Å²) in [6, 6.07) is 15.9. The third-order valence-corrected chi connectivity index (χ3v) is 4.37. The lowest BCUT2D eigenvalue weighted by molar-refractivity contribution is 0.0953. The van der Waals surface area contributed by atoms with Crippen LogP contribution in [0.2, 0.25) is 0 Å². The van der Waals surface area contributed by atoms with E-state index in [-0.39, 0.29) is 11.9 Å². The van der Waals surface area contributed by atoms with Gasteiger partial charge in [-0.15, -0.1) is 0 Å². The summed E-state index contributed by atoms with van der Waals surface area (Å²) in [5.41, 5.74) is 3.96. The van der Waals surface area contributed by atoms with Crippen molar-refractivity contribution in [2.24, 2.45) is 7.05 Å². The predicted octanol–water partition coefficient (Wildman–Crippen LogP) is 3.02. The van der Waals surface area contributed by atoms with Crippen molar-refractivity contribution in [3.8, 4) is 5.75 Å². The average Bonchev–Trinajstić information content (AvgIpc) is 3.05. The van der Waals surface area contributed by atoms with Gasteiger partial charge in [-0.3, -0.25) is 4.79 Å². The molecule has 0 aliphatic carbocycles. The number of carbonyl (C=O) groups is 1. The van der Waals surface area contributed by atoms with E-state index in [0.717, 1.165) is 33.5 Å². The van der Waals surface area contributed by atoms with Crippen LogP contribution >= 0.6 is 0 Å². The predicted molar refractivity (Wildman–Crippen MR) is 85.2 cm³/mol. The number of aromatic nitrogens is 1. The van der Waals surface area contributed by atoms with Crippen molar-refractivity contribution in [3.63, 3.8) is 0 Å². The lowest BCUT2D eigenvalue weighted by Crippen LogP contribution is -2.21. The number of nitrogens with one attached hydrogen (secondary N) is 1. The van der Waals surface area contributed by atoms with Crippen LogP contribution in [0.25, 0.3) is 10.9 Å². The number of benzene rings is 2. The van der Waals surface area contributed by atoms with E-state index >= 15 is 0 Å². The van der Waals surface area contributed by atoms with Crippen LogP contribution in [0.1, 0.15) is 27.7 Å². The summed E-state index contributed by atoms with van der Waals surface area (Å²) in [6.07, 6.45) is 0. The summed E-state index contributed by atoms with van der Waals surface area (Å²) in [4.78, 5) is 12.4. The van der Waals surface area contributed by atoms with E-state index in [9.17, 15) is 4.79 Å². The maximum atomic E-state index is 12.4. The second kappa shape index (κ2) is 4.63. The Balaban J connectivity index is 1.92. The van der Waals surface area contributed by atoms with Gasteiger partial charge in [-0.1, -0.05) is 30.3 Å². The molecule has 0 saturated heterocycles. The first kappa shape index (κ1) is 13.0. The fourth-order valence-electron chi connectivity index (χ4n) is 3.31. The normalized spacial score (nSPS) is 16.6. The molecule has 1 aliphatic rings. The largest absolute Gasteiger partial charge is 0.497 e. The molecule has 110 valence electrons. The third kappa shape index (κ3) is 1.67. The van der Waals surface area contributed by atoms with Crippen LogP contribution in [0.15, 0.2) is 48.5 Å². The number of para-hydroxylation sites is 1. The second-order valence-electron chi connectivity index (χ2n) is 5.52. The van der Waals surface area contributed by atoms with Crippen LogP contribution in [0.3, 0.4) is 0 Å². The molecule has 0 fully saturated rings. The van der Waals surface area contributed by atoms with Crippen LogP contribution < -0.4 is 10.1 Å². The van der Waals surface area contributed by atoms with E-state index in [1.807, 2.05) is 54.1 Å². The molecular formula is C18H16N2O2. The number of hydrogen-bond acceptors (Lipinski definition) is 2. The van der Waals surface area contributed by atoms with Crippen LogP contribution in [-0.4, -0.2) is 17.6 Å². The van der Waals surface area contributed by atoms with Gasteiger partial charge in [-0.25, -0.2) is 0 Å². The van der Waals surface area contributed by atoms with Gasteiger partial charge in [0.15, 0.2) is 0 Å². The molecule has 4 heteroatoms. The average molecular weight is 292 g/mol. The van der Waals surface area contributed by atoms with E-state index in [1.54, 1.807) is 7.11 Å². The highest BCUT2D eigenvalue weighted by atomic mass is 16.5. The SMILES string of the molecule is COc1ccc(C2NC(=O)c3c2c2ccccc2n3C)cc1. The summed E-state index contributed by atoms with van der Waals surface area (Å²) < 4.78 is 7.18. The molecule has 0 saturated carbocycles. The van der Waals surface area contributed by atoms with Gasteiger partial charge < -0.3 is 14.6 Å². The van der Waals surface area contributed by atoms with Gasteiger partial charge in [0.1, 0.15) is 11.4 Å². The first-order valence-corrected chi connectivity index (χ1v) is 7.23. The standard InChI is InChI=1S/C18H16N2O2/c1-20-14-6-4-3-5-13(14)15-16(19-18(21)17(15)20)11-7-9-12(22-2)10-8-11/h3-10,16H,1-2H3,(H,19,21). The van der Waals surface area contributed by atoms with Gasteiger partial charge in [-0.2, -0.15) is 0 Å². The first-order valence-electron chi connectivity index (χ1n) is 7.23. The fraction of sp³-hybridized carbons (Fsp3) is 0.167. The number of nitrogens with zero attached hydrogens (tertiary/aromatic N) is 1. The molecule has 22 heavy (non-hydrogen) atoms. The Kier molecular flexibility index (Phi) is 2.73. The minimum atomic E-state index is -0.112. The van der Waals surface area contributed by atoms with Crippen LogP contribution in [0, 0.1) is 0 Å². The summed E-state index contributed by atoms with van der Waals surface area (Å²) >= 11 is 0. The molecule has 0 radical (unpaired) electrons. The van der Waals surface area contributed by atoms with Crippen molar-refractivity contribution in [2.75, 3.05) is 7.11 Å². The molecule has 0 spiro atoms. The minimum absolute atomic E-state index is 0.0190. The molecule has 1 aromatic heterocycles. The maximum Gasteiger partial charge on any atom is 0.269 e. The van der Waals surface area contributed by atoms with Crippen LogP contribution in [0.4, 0.5) is 0 Å². The van der Waals surface area contributed by atoms with Gasteiger partial charge in [-0.05, 0) is 23.8 Å². The lowest BCUT2D eigenvalue weighted by atomic mass is 9.99. The molecule has 1 amide bonds. The number of carbonyl (C=O) groups excluding carboxylic acids is 1. The zero-order valence-corrected chi connectivity index (χ0v) is 12.5.